The van der Waals surface area contributed by atoms with Gasteiger partial charge in [0.05, 0.1) is 44.1 Å². The van der Waals surface area contributed by atoms with Gasteiger partial charge in [0, 0.05) is 128 Å². The Morgan fingerprint density at radius 1 is 0.585 bits per heavy atom. The Bertz CT molecular complexity index is 3580. The van der Waals surface area contributed by atoms with Crippen molar-refractivity contribution in [2.24, 2.45) is 41.4 Å². The Morgan fingerprint density at radius 2 is 1.16 bits per heavy atom. The van der Waals surface area contributed by atoms with Crippen molar-refractivity contribution in [3.63, 3.8) is 0 Å². The van der Waals surface area contributed by atoms with E-state index >= 15 is 28.8 Å². The number of Topliss-reactive ketones (excluding diaryl/α,β-unsaturated/α-hetero) is 2. The molecule has 106 heavy (non-hydrogen) atoms. The van der Waals surface area contributed by atoms with Crippen molar-refractivity contribution in [2.45, 2.75) is 189 Å². The first-order valence-corrected chi connectivity index (χ1v) is 37.9. The molecule has 0 radical (unpaired) electrons. The fraction of sp³-hybridized carbons (Fsp3) is 0.613. The van der Waals surface area contributed by atoms with Crippen LogP contribution in [0, 0.1) is 41.4 Å². The number of benzene rings is 2. The molecule has 2 aromatic heterocycles. The highest BCUT2D eigenvalue weighted by molar-refractivity contribution is 6.58. The van der Waals surface area contributed by atoms with Gasteiger partial charge < -0.3 is 69.0 Å². The highest BCUT2D eigenvalue weighted by Crippen LogP contribution is 2.33. The van der Waals surface area contributed by atoms with Crippen LogP contribution in [-0.4, -0.2) is 245 Å². The van der Waals surface area contributed by atoms with Gasteiger partial charge in [-0.25, -0.2) is 14.8 Å². The zero-order valence-electron chi connectivity index (χ0n) is 65.3. The summed E-state index contributed by atoms with van der Waals surface area (Å²) in [5.74, 6) is -7.87. The number of morpholine rings is 2. The van der Waals surface area contributed by atoms with Crippen LogP contribution in [0.15, 0.2) is 91.3 Å². The predicted molar refractivity (Wildman–Crippen MR) is 407 cm³/mol. The molecular formula is C80H117BN10O15. The number of carbonyl (C=O) groups is 9. The maximum atomic E-state index is 15.8. The highest BCUT2D eigenvalue weighted by Gasteiger charge is 2.48. The minimum atomic E-state index is -1.95. The van der Waals surface area contributed by atoms with E-state index in [0.29, 0.717) is 68.7 Å². The van der Waals surface area contributed by atoms with Crippen molar-refractivity contribution < 1.29 is 72.5 Å². The number of anilines is 2. The summed E-state index contributed by atoms with van der Waals surface area (Å²) in [6.45, 7) is 26.9. The molecule has 11 atom stereocenters. The molecule has 4 aliphatic rings. The van der Waals surface area contributed by atoms with Gasteiger partial charge in [-0.3, -0.25) is 38.4 Å². The van der Waals surface area contributed by atoms with Crippen LogP contribution in [0.1, 0.15) is 139 Å². The summed E-state index contributed by atoms with van der Waals surface area (Å²) in [6, 6.07) is 16.7. The molecule has 6 amide bonds. The average Bonchev–Trinajstić information content (AvgIpc) is 1.77. The van der Waals surface area contributed by atoms with Gasteiger partial charge in [0.2, 0.25) is 29.5 Å². The summed E-state index contributed by atoms with van der Waals surface area (Å²) in [5, 5.41) is 32.6. The molecule has 2 aromatic carbocycles. The third-order valence-corrected chi connectivity index (χ3v) is 21.4. The van der Waals surface area contributed by atoms with Crippen LogP contribution in [0.2, 0.25) is 0 Å². The minimum absolute atomic E-state index is 0.00365. The maximum Gasteiger partial charge on any atom is 0.490 e. The number of pyridine rings is 2. The monoisotopic (exact) mass is 1470 g/mol. The van der Waals surface area contributed by atoms with Crippen molar-refractivity contribution in [1.82, 2.24) is 39.8 Å². The first kappa shape index (κ1) is 85.1. The Labute approximate surface area is 627 Å². The second-order valence-corrected chi connectivity index (χ2v) is 30.9. The molecule has 4 aliphatic heterocycles. The molecule has 25 nitrogen and oxygen atoms in total. The third kappa shape index (κ3) is 22.0. The van der Waals surface area contributed by atoms with E-state index in [2.05, 4.69) is 20.1 Å². The van der Waals surface area contributed by atoms with Gasteiger partial charge >= 0.3 is 13.1 Å². The normalized spacial score (nSPS) is 24.5. The number of likely N-dealkylation sites (N-methyl/N-ethyl adjacent to an activating group) is 4. The summed E-state index contributed by atoms with van der Waals surface area (Å²) < 4.78 is 17.0. The predicted octanol–water partition coefficient (Wildman–Crippen LogP) is 6.05. The topological polar surface area (TPSA) is 302 Å². The number of ether oxygens (including phenoxy) is 3. The van der Waals surface area contributed by atoms with Gasteiger partial charge in [0.15, 0.2) is 23.7 Å². The molecule has 4 N–H and O–H groups in total. The maximum absolute atomic E-state index is 15.8. The number of nitrogens with zero attached hydrogens (tertiary/aromatic N) is 9. The first-order valence-electron chi connectivity index (χ1n) is 37.9. The number of hydrogen-bond donors (Lipinski definition) is 4. The molecule has 0 spiro atoms. The lowest BCUT2D eigenvalue weighted by Gasteiger charge is -2.39. The standard InChI is InChI=1S/C71H104N8O12.C9H13BN2O3/c1-17-46(9)53-41-57(80)55-28-23-31-79(55)68(86)56(39-49-26-22-27-50(37-49)51-29-30-59(72-42-51)78-32-34-90-35-33-78)74(13)67(85)54(38-48-24-20-19-21-25-48)73-64(82)61(45(7)8)76(15)69(87)62(47(10)18-2)91-70(88)63(71(11,12)89)77(16)65(83)52(36-43(3)4)40-58(81)60(44(5)6)75(14)66(53)84;13-10(14)8-1-2-9(11-7-8)12-3-5-15-6-4-12/h19-22,24-27,29-30,37,42-47,52-56,60-63,89H,17-18,23,28,31-36,38-41H2,1-16H3,(H,73,82);1-2,7,13-14H,3-6H2/t46?,47?,52-,53+,54?,55?,56?,60+,61+,62-,63-;/m1./s1. The van der Waals surface area contributed by atoms with Crippen LogP contribution in [0.4, 0.5) is 11.6 Å². The van der Waals surface area contributed by atoms with Gasteiger partial charge in [0.1, 0.15) is 29.8 Å². The van der Waals surface area contributed by atoms with Crippen LogP contribution in [-0.2, 0) is 70.2 Å². The van der Waals surface area contributed by atoms with Crippen molar-refractivity contribution in [2.75, 3.05) is 97.1 Å². The zero-order valence-corrected chi connectivity index (χ0v) is 65.3. The summed E-state index contributed by atoms with van der Waals surface area (Å²) >= 11 is 0. The molecule has 0 aliphatic carbocycles. The molecule has 5 unspecified atom stereocenters. The molecule has 6 heterocycles. The largest absolute Gasteiger partial charge is 0.490 e. The van der Waals surface area contributed by atoms with Gasteiger partial charge in [-0.2, -0.15) is 0 Å². The van der Waals surface area contributed by atoms with Crippen molar-refractivity contribution >= 4 is 77.2 Å². The summed E-state index contributed by atoms with van der Waals surface area (Å²) in [4.78, 5) is 157. The number of esters is 1. The summed E-state index contributed by atoms with van der Waals surface area (Å²) in [6.07, 6.45) is 2.99. The molecule has 4 saturated heterocycles. The SMILES string of the molecule is CCC(C)[C@@H]1CC(=O)C2CCCN2C(=O)C(Cc2cccc(-c3ccc(N4CCOCC4)nc3)c2)N(C)C(=O)C(Cc2ccccc2)NC(=O)[C@H](C(C)C)N(C)C(=O)[C@@H](C(C)CC)OC(=O)[C@H](C(C)(C)O)N(C)C(=O)[C@H](CC(C)C)CC(=O)[C@H](C(C)C)N(C)C1=O.OB(O)c1ccc(N2CCOCC2)nc1. The quantitative estimate of drug-likeness (QED) is 0.0691. The van der Waals surface area contributed by atoms with Gasteiger partial charge in [-0.05, 0) is 98.1 Å². The number of amides is 6. The number of aromatic nitrogens is 2. The van der Waals surface area contributed by atoms with E-state index in [4.69, 9.17) is 29.2 Å². The molecule has 0 saturated carbocycles. The third-order valence-electron chi connectivity index (χ3n) is 21.4. The second kappa shape index (κ2) is 39.1. The Kier molecular flexibility index (Phi) is 31.4. The van der Waals surface area contributed by atoms with E-state index in [1.54, 1.807) is 46.1 Å². The molecule has 0 bridgehead atoms. The fourth-order valence-corrected chi connectivity index (χ4v) is 15.0. The number of nitrogens with one attached hydrogen (secondary N) is 1. The highest BCUT2D eigenvalue weighted by atomic mass is 16.6. The Morgan fingerprint density at radius 3 is 1.69 bits per heavy atom. The Hall–Kier alpha value is -8.17. The Balaban J connectivity index is 0.000000921. The smallest absolute Gasteiger partial charge is 0.450 e. The first-order chi connectivity index (χ1) is 50.2. The average molecular weight is 1470 g/mol. The molecule has 8 rings (SSSR count). The van der Waals surface area contributed by atoms with Crippen molar-refractivity contribution in [3.05, 3.63) is 102 Å². The minimum Gasteiger partial charge on any atom is -0.450 e. The van der Waals surface area contributed by atoms with E-state index in [9.17, 15) is 19.5 Å². The molecule has 26 heteroatoms. The van der Waals surface area contributed by atoms with E-state index in [-0.39, 0.29) is 56.3 Å². The lowest BCUT2D eigenvalue weighted by atomic mass is 9.82. The van der Waals surface area contributed by atoms with E-state index < -0.39 is 132 Å². The van der Waals surface area contributed by atoms with Gasteiger partial charge in [-0.1, -0.05) is 136 Å². The van der Waals surface area contributed by atoms with Crippen molar-refractivity contribution in [1.29, 1.82) is 0 Å². The lowest BCUT2D eigenvalue weighted by Crippen LogP contribution is -2.61. The number of ketones is 2. The van der Waals surface area contributed by atoms with Gasteiger partial charge in [0.25, 0.3) is 5.91 Å². The number of fused-ring (bicyclic) bond motifs is 1. The number of aliphatic hydroxyl groups is 1. The second-order valence-electron chi connectivity index (χ2n) is 30.9. The lowest BCUT2D eigenvalue weighted by molar-refractivity contribution is -0.178. The molecule has 4 fully saturated rings. The van der Waals surface area contributed by atoms with Crippen LogP contribution < -0.4 is 20.6 Å². The fourth-order valence-electron chi connectivity index (χ4n) is 15.0. The number of rotatable bonds is 17. The van der Waals surface area contributed by atoms with Crippen LogP contribution >= 0.6 is 0 Å². The summed E-state index contributed by atoms with van der Waals surface area (Å²) in [7, 11) is 4.40. The number of hydrogen-bond acceptors (Lipinski definition) is 19. The van der Waals surface area contributed by atoms with Crippen LogP contribution in [0.25, 0.3) is 11.1 Å². The van der Waals surface area contributed by atoms with E-state index in [0.717, 1.165) is 53.8 Å². The van der Waals surface area contributed by atoms with E-state index in [1.807, 2.05) is 115 Å². The van der Waals surface area contributed by atoms with E-state index in [1.165, 1.54) is 60.8 Å². The molecule has 580 valence electrons. The van der Waals surface area contributed by atoms with Gasteiger partial charge in [-0.15, -0.1) is 0 Å². The zero-order chi connectivity index (χ0) is 78.0. The van der Waals surface area contributed by atoms with Crippen molar-refractivity contribution in [3.8, 4) is 11.1 Å². The number of cyclic esters (lactones) is 1. The van der Waals surface area contributed by atoms with Crippen LogP contribution in [0.5, 0.6) is 0 Å². The molecule has 4 aromatic rings. The summed E-state index contributed by atoms with van der Waals surface area (Å²) in [5.41, 5.74) is 1.49. The molecular weight excluding hydrogens is 1350 g/mol. The van der Waals surface area contributed by atoms with Crippen LogP contribution in [0.3, 0.4) is 0 Å². The number of carbonyl (C=O) groups excluding carboxylic acids is 9.